The van der Waals surface area contributed by atoms with Gasteiger partial charge in [0.2, 0.25) is 5.91 Å². The third-order valence-corrected chi connectivity index (χ3v) is 2.79. The monoisotopic (exact) mass is 208 g/mol. The molecule has 1 amide bonds. The van der Waals surface area contributed by atoms with Crippen molar-refractivity contribution >= 4 is 5.91 Å². The van der Waals surface area contributed by atoms with Crippen molar-refractivity contribution in [1.82, 2.24) is 15.1 Å². The van der Waals surface area contributed by atoms with Crippen molar-refractivity contribution in [2.45, 2.75) is 38.4 Å². The molecule has 0 bridgehead atoms. The fourth-order valence-electron chi connectivity index (χ4n) is 1.86. The Bertz CT molecular complexity index is 360. The Hall–Kier alpha value is -1.36. The molecular formula is C10H16N4O. The molecule has 82 valence electrons. The highest BCUT2D eigenvalue weighted by Gasteiger charge is 2.27. The average Bonchev–Trinajstić information content (AvgIpc) is 2.70. The number of amides is 1. The second-order valence-corrected chi connectivity index (χ2v) is 3.88. The molecule has 5 heteroatoms. The smallest absolute Gasteiger partial charge is 0.220 e. The van der Waals surface area contributed by atoms with Crippen molar-refractivity contribution < 1.29 is 4.79 Å². The molecule has 0 spiro atoms. The lowest BCUT2D eigenvalue weighted by Gasteiger charge is -2.28. The van der Waals surface area contributed by atoms with E-state index in [0.29, 0.717) is 6.42 Å². The quantitative estimate of drug-likeness (QED) is 0.728. The third kappa shape index (κ3) is 2.02. The molecule has 0 aromatic carbocycles. The molecule has 3 N–H and O–H groups in total. The first-order chi connectivity index (χ1) is 7.20. The predicted octanol–water partition coefficient (Wildman–Crippen LogP) is 0.181. The van der Waals surface area contributed by atoms with Crippen LogP contribution in [0.5, 0.6) is 0 Å². The van der Waals surface area contributed by atoms with Crippen LogP contribution in [0.4, 0.5) is 0 Å². The zero-order valence-electron chi connectivity index (χ0n) is 8.81. The summed E-state index contributed by atoms with van der Waals surface area (Å²) < 4.78 is 1.84. The Morgan fingerprint density at radius 2 is 2.53 bits per heavy atom. The average molecular weight is 208 g/mol. The Kier molecular flexibility index (Phi) is 2.73. The van der Waals surface area contributed by atoms with E-state index in [1.165, 1.54) is 0 Å². The number of nitrogens with zero attached hydrogens (tertiary/aromatic N) is 2. The lowest BCUT2D eigenvalue weighted by atomic mass is 9.95. The van der Waals surface area contributed by atoms with Crippen LogP contribution in [0.15, 0.2) is 12.4 Å². The predicted molar refractivity (Wildman–Crippen MR) is 56.0 cm³/mol. The fourth-order valence-corrected chi connectivity index (χ4v) is 1.86. The number of rotatable bonds is 2. The minimum atomic E-state index is -0.0773. The Morgan fingerprint density at radius 3 is 3.20 bits per heavy atom. The number of hydrogen-bond donors (Lipinski definition) is 2. The molecule has 0 aliphatic carbocycles. The molecular weight excluding hydrogens is 192 g/mol. The van der Waals surface area contributed by atoms with Crippen molar-refractivity contribution in [3.05, 3.63) is 18.0 Å². The molecule has 2 heterocycles. The largest absolute Gasteiger partial charge is 0.348 e. The summed E-state index contributed by atoms with van der Waals surface area (Å²) in [5.41, 5.74) is 6.97. The molecule has 2 rings (SSSR count). The summed E-state index contributed by atoms with van der Waals surface area (Å²) in [6.45, 7) is 2.85. The van der Waals surface area contributed by atoms with Gasteiger partial charge in [0.1, 0.15) is 0 Å². The summed E-state index contributed by atoms with van der Waals surface area (Å²) in [6, 6.07) is -0.0799. The summed E-state index contributed by atoms with van der Waals surface area (Å²) in [4.78, 5) is 11.3. The van der Waals surface area contributed by atoms with Crippen LogP contribution in [0.1, 0.15) is 31.4 Å². The van der Waals surface area contributed by atoms with Crippen molar-refractivity contribution in [2.75, 3.05) is 0 Å². The van der Waals surface area contributed by atoms with E-state index in [4.69, 9.17) is 5.73 Å². The summed E-state index contributed by atoms with van der Waals surface area (Å²) in [5.74, 6) is 0.0750. The zero-order valence-corrected chi connectivity index (χ0v) is 8.81. The van der Waals surface area contributed by atoms with Crippen LogP contribution < -0.4 is 11.1 Å². The molecule has 1 saturated heterocycles. The van der Waals surface area contributed by atoms with Crippen molar-refractivity contribution in [1.29, 1.82) is 0 Å². The number of carbonyl (C=O) groups is 1. The van der Waals surface area contributed by atoms with Gasteiger partial charge in [0, 0.05) is 30.8 Å². The van der Waals surface area contributed by atoms with Gasteiger partial charge in [0.05, 0.1) is 12.2 Å². The number of aryl methyl sites for hydroxylation is 1. The van der Waals surface area contributed by atoms with Gasteiger partial charge in [0.15, 0.2) is 0 Å². The van der Waals surface area contributed by atoms with E-state index in [-0.39, 0.29) is 18.0 Å². The highest BCUT2D eigenvalue weighted by Crippen LogP contribution is 2.21. The van der Waals surface area contributed by atoms with Crippen LogP contribution in [-0.2, 0) is 11.3 Å². The molecule has 1 aliphatic heterocycles. The van der Waals surface area contributed by atoms with Crippen molar-refractivity contribution in [2.24, 2.45) is 5.73 Å². The molecule has 0 unspecified atom stereocenters. The molecule has 5 nitrogen and oxygen atoms in total. The topological polar surface area (TPSA) is 72.9 Å². The van der Waals surface area contributed by atoms with E-state index in [0.717, 1.165) is 18.5 Å². The van der Waals surface area contributed by atoms with Gasteiger partial charge in [0.25, 0.3) is 0 Å². The standard InChI is InChI=1S/C10H16N4O/c1-2-14-6-7(5-12-14)10-8(11)3-4-9(15)13-10/h5-6,8,10H,2-4,11H2,1H3,(H,13,15)/t8-,10+/m1/s1. The van der Waals surface area contributed by atoms with Crippen LogP contribution in [0.3, 0.4) is 0 Å². The minimum absolute atomic E-state index is 0.00259. The van der Waals surface area contributed by atoms with Gasteiger partial charge in [-0.25, -0.2) is 0 Å². The van der Waals surface area contributed by atoms with Gasteiger partial charge in [-0.2, -0.15) is 5.10 Å². The van der Waals surface area contributed by atoms with Gasteiger partial charge in [-0.15, -0.1) is 0 Å². The summed E-state index contributed by atoms with van der Waals surface area (Å²) in [6.07, 6.45) is 4.99. The number of carbonyl (C=O) groups excluding carboxylic acids is 1. The van der Waals surface area contributed by atoms with Gasteiger partial charge >= 0.3 is 0 Å². The third-order valence-electron chi connectivity index (χ3n) is 2.79. The number of piperidine rings is 1. The van der Waals surface area contributed by atoms with Gasteiger partial charge < -0.3 is 11.1 Å². The maximum Gasteiger partial charge on any atom is 0.220 e. The number of aromatic nitrogens is 2. The van der Waals surface area contributed by atoms with E-state index in [1.54, 1.807) is 6.20 Å². The Morgan fingerprint density at radius 1 is 1.73 bits per heavy atom. The Labute approximate surface area is 88.6 Å². The lowest BCUT2D eigenvalue weighted by Crippen LogP contribution is -2.45. The van der Waals surface area contributed by atoms with E-state index in [2.05, 4.69) is 10.4 Å². The SMILES string of the molecule is CCn1cc([C@@H]2NC(=O)CC[C@H]2N)cn1. The van der Waals surface area contributed by atoms with Crippen LogP contribution in [-0.4, -0.2) is 21.7 Å². The second kappa shape index (κ2) is 4.02. The van der Waals surface area contributed by atoms with Crippen molar-refractivity contribution in [3.63, 3.8) is 0 Å². The minimum Gasteiger partial charge on any atom is -0.348 e. The Balaban J connectivity index is 2.17. The van der Waals surface area contributed by atoms with Gasteiger partial charge in [-0.3, -0.25) is 9.48 Å². The number of nitrogens with two attached hydrogens (primary N) is 1. The first-order valence-corrected chi connectivity index (χ1v) is 5.28. The fraction of sp³-hybridized carbons (Fsp3) is 0.600. The summed E-state index contributed by atoms with van der Waals surface area (Å²) in [7, 11) is 0. The van der Waals surface area contributed by atoms with Gasteiger partial charge in [-0.1, -0.05) is 0 Å². The van der Waals surface area contributed by atoms with Crippen LogP contribution in [0, 0.1) is 0 Å². The molecule has 1 fully saturated rings. The second-order valence-electron chi connectivity index (χ2n) is 3.88. The molecule has 1 aromatic heterocycles. The van der Waals surface area contributed by atoms with Crippen LogP contribution in [0.25, 0.3) is 0 Å². The molecule has 1 aromatic rings. The molecule has 0 saturated carbocycles. The first kappa shape index (κ1) is 10.2. The first-order valence-electron chi connectivity index (χ1n) is 5.28. The summed E-state index contributed by atoms with van der Waals surface area (Å²) in [5, 5.41) is 7.08. The number of nitrogens with one attached hydrogen (secondary N) is 1. The maximum absolute atomic E-state index is 11.3. The normalized spacial score (nSPS) is 26.4. The summed E-state index contributed by atoms with van der Waals surface area (Å²) >= 11 is 0. The zero-order chi connectivity index (χ0) is 10.8. The van der Waals surface area contributed by atoms with E-state index < -0.39 is 0 Å². The van der Waals surface area contributed by atoms with Crippen LogP contribution >= 0.6 is 0 Å². The number of hydrogen-bond acceptors (Lipinski definition) is 3. The lowest BCUT2D eigenvalue weighted by molar-refractivity contribution is -0.123. The van der Waals surface area contributed by atoms with Crippen molar-refractivity contribution in [3.8, 4) is 0 Å². The molecule has 0 radical (unpaired) electrons. The molecule has 2 atom stereocenters. The van der Waals surface area contributed by atoms with Crippen LogP contribution in [0.2, 0.25) is 0 Å². The highest BCUT2D eigenvalue weighted by atomic mass is 16.1. The van der Waals surface area contributed by atoms with E-state index >= 15 is 0 Å². The van der Waals surface area contributed by atoms with E-state index in [9.17, 15) is 4.79 Å². The maximum atomic E-state index is 11.3. The molecule has 1 aliphatic rings. The van der Waals surface area contributed by atoms with Gasteiger partial charge in [-0.05, 0) is 13.3 Å². The van der Waals surface area contributed by atoms with E-state index in [1.807, 2.05) is 17.8 Å². The highest BCUT2D eigenvalue weighted by molar-refractivity contribution is 5.77. The molecule has 15 heavy (non-hydrogen) atoms.